The molecular weight excluding hydrogens is 565 g/mol. The van der Waals surface area contributed by atoms with Crippen LogP contribution >= 0.6 is 7.60 Å². The van der Waals surface area contributed by atoms with E-state index in [2.05, 4.69) is 26.8 Å². The number of nitrogens with one attached hydrogen (secondary N) is 1. The zero-order valence-corrected chi connectivity index (χ0v) is 24.7. The number of aromatic nitrogens is 4. The van der Waals surface area contributed by atoms with Gasteiger partial charge in [0.15, 0.2) is 29.1 Å². The van der Waals surface area contributed by atoms with Crippen LogP contribution in [0.15, 0.2) is 116 Å². The van der Waals surface area contributed by atoms with E-state index in [1.165, 1.54) is 6.33 Å². The molecule has 222 valence electrons. The Labute approximate surface area is 250 Å². The van der Waals surface area contributed by atoms with E-state index in [4.69, 9.17) is 9.47 Å². The predicted octanol–water partition coefficient (Wildman–Crippen LogP) is 5.65. The van der Waals surface area contributed by atoms with Crippen molar-refractivity contribution in [2.24, 2.45) is 0 Å². The fraction of sp³-hybridized carbons (Fsp3) is 0.219. The molecule has 1 atom stereocenters. The summed E-state index contributed by atoms with van der Waals surface area (Å²) in [7, 11) is -4.57. The van der Waals surface area contributed by atoms with E-state index in [1.807, 2.05) is 97.9 Å². The maximum atomic E-state index is 12.1. The van der Waals surface area contributed by atoms with Crippen LogP contribution in [0.4, 0.5) is 5.82 Å². The molecule has 2 heterocycles. The second-order valence-corrected chi connectivity index (χ2v) is 11.6. The lowest BCUT2D eigenvalue weighted by Gasteiger charge is -2.41. The number of fused-ring (bicyclic) bond motifs is 1. The normalized spacial score (nSPS) is 13.5. The summed E-state index contributed by atoms with van der Waals surface area (Å²) in [5.41, 5.74) is 1.01. The molecule has 0 radical (unpaired) electrons. The number of nitrogens with zero attached hydrogens (tertiary/aromatic N) is 4. The first-order valence-corrected chi connectivity index (χ1v) is 15.6. The number of benzene rings is 3. The van der Waals surface area contributed by atoms with Crippen molar-refractivity contribution >= 4 is 24.6 Å². The van der Waals surface area contributed by atoms with Crippen LogP contribution in [0.25, 0.3) is 11.2 Å². The Morgan fingerprint density at radius 3 is 1.93 bits per heavy atom. The van der Waals surface area contributed by atoms with E-state index in [9.17, 15) is 14.4 Å². The van der Waals surface area contributed by atoms with Gasteiger partial charge in [0, 0.05) is 6.54 Å². The summed E-state index contributed by atoms with van der Waals surface area (Å²) in [6.07, 6.45) is 4.09. The van der Waals surface area contributed by atoms with Crippen LogP contribution in [0.5, 0.6) is 0 Å². The van der Waals surface area contributed by atoms with E-state index in [-0.39, 0.29) is 13.0 Å². The van der Waals surface area contributed by atoms with Crippen LogP contribution in [-0.2, 0) is 25.4 Å². The van der Waals surface area contributed by atoms with Crippen molar-refractivity contribution in [2.75, 3.05) is 24.8 Å². The van der Waals surface area contributed by atoms with Crippen LogP contribution in [0.1, 0.15) is 30.0 Å². The first kappa shape index (κ1) is 30.3. The molecule has 0 bridgehead atoms. The second kappa shape index (κ2) is 13.0. The molecule has 0 saturated heterocycles. The maximum absolute atomic E-state index is 12.1. The Morgan fingerprint density at radius 2 is 1.44 bits per heavy atom. The van der Waals surface area contributed by atoms with Gasteiger partial charge in [-0.1, -0.05) is 104 Å². The minimum Gasteiger partial charge on any atom is -0.365 e. The number of hydrogen-bond acceptors (Lipinski definition) is 7. The van der Waals surface area contributed by atoms with Gasteiger partial charge in [0.25, 0.3) is 0 Å². The van der Waals surface area contributed by atoms with Gasteiger partial charge >= 0.3 is 7.60 Å². The molecule has 10 nitrogen and oxygen atoms in total. The SMILES string of the molecule is C=CCNc1ncnc2c1ncn2C(CC)(COC(c1ccccc1)(c1ccccc1)c1ccccc1)OCP(=O)(O)O. The van der Waals surface area contributed by atoms with Crippen molar-refractivity contribution in [3.8, 4) is 0 Å². The quantitative estimate of drug-likeness (QED) is 0.0842. The van der Waals surface area contributed by atoms with Crippen LogP contribution in [0.3, 0.4) is 0 Å². The monoisotopic (exact) mass is 599 g/mol. The first-order valence-electron chi connectivity index (χ1n) is 13.9. The molecule has 3 aromatic carbocycles. The number of rotatable bonds is 14. The molecule has 11 heteroatoms. The van der Waals surface area contributed by atoms with Gasteiger partial charge in [-0.15, -0.1) is 6.58 Å². The van der Waals surface area contributed by atoms with Gasteiger partial charge in [-0.2, -0.15) is 0 Å². The van der Waals surface area contributed by atoms with Crippen molar-refractivity contribution in [3.63, 3.8) is 0 Å². The fourth-order valence-corrected chi connectivity index (χ4v) is 5.59. The standard InChI is InChI=1S/C32H34N5O5P/c1-3-20-33-29-28-30(35-22-34-29)37(23-36-28)31(4-2,42-24-43(38,39)40)21-41-32(25-14-8-5-9-15-25,26-16-10-6-11-17-26)27-18-12-7-13-19-27/h3,5-19,22-23H,1,4,20-21,24H2,2H3,(H,33,34,35)(H2,38,39,40). The van der Waals surface area contributed by atoms with Crippen LogP contribution in [-0.4, -0.2) is 48.8 Å². The lowest BCUT2D eigenvalue weighted by Crippen LogP contribution is -2.45. The summed E-state index contributed by atoms with van der Waals surface area (Å²) in [4.78, 5) is 33.1. The lowest BCUT2D eigenvalue weighted by molar-refractivity contribution is -0.164. The molecule has 0 aliphatic rings. The Bertz CT molecular complexity index is 1600. The number of anilines is 1. The van der Waals surface area contributed by atoms with Crippen molar-refractivity contribution < 1.29 is 23.8 Å². The van der Waals surface area contributed by atoms with Crippen LogP contribution in [0.2, 0.25) is 0 Å². The van der Waals surface area contributed by atoms with E-state index < -0.39 is 25.3 Å². The van der Waals surface area contributed by atoms with Gasteiger partial charge in [-0.3, -0.25) is 9.13 Å². The third-order valence-electron chi connectivity index (χ3n) is 7.30. The highest BCUT2D eigenvalue weighted by molar-refractivity contribution is 7.51. The molecular formula is C32H34N5O5P. The molecule has 0 fully saturated rings. The zero-order valence-electron chi connectivity index (χ0n) is 23.8. The van der Waals surface area contributed by atoms with Gasteiger partial charge in [0.2, 0.25) is 0 Å². The number of imidazole rings is 1. The molecule has 5 rings (SSSR count). The molecule has 0 aliphatic carbocycles. The van der Waals surface area contributed by atoms with Crippen LogP contribution in [0, 0.1) is 0 Å². The Hall–Kier alpha value is -4.18. The summed E-state index contributed by atoms with van der Waals surface area (Å²) in [6.45, 7) is 5.95. The Kier molecular flexibility index (Phi) is 9.15. The second-order valence-electron chi connectivity index (χ2n) is 9.98. The minimum absolute atomic E-state index is 0.118. The number of ether oxygens (including phenoxy) is 2. The highest BCUT2D eigenvalue weighted by Crippen LogP contribution is 2.44. The molecule has 0 amide bonds. The maximum Gasteiger partial charge on any atom is 0.351 e. The smallest absolute Gasteiger partial charge is 0.351 e. The van der Waals surface area contributed by atoms with Gasteiger partial charge in [0.05, 0.1) is 12.9 Å². The minimum atomic E-state index is -4.57. The summed E-state index contributed by atoms with van der Waals surface area (Å²) >= 11 is 0. The summed E-state index contributed by atoms with van der Waals surface area (Å²) in [6, 6.07) is 29.6. The lowest BCUT2D eigenvalue weighted by atomic mass is 9.80. The highest BCUT2D eigenvalue weighted by atomic mass is 31.2. The molecule has 0 spiro atoms. The van der Waals surface area contributed by atoms with Crippen molar-refractivity contribution in [1.29, 1.82) is 0 Å². The Balaban J connectivity index is 1.69. The van der Waals surface area contributed by atoms with E-state index >= 15 is 0 Å². The zero-order chi connectivity index (χ0) is 30.3. The van der Waals surface area contributed by atoms with Gasteiger partial charge < -0.3 is 24.6 Å². The molecule has 0 saturated carbocycles. The van der Waals surface area contributed by atoms with Crippen molar-refractivity contribution in [1.82, 2.24) is 19.5 Å². The fourth-order valence-electron chi connectivity index (χ4n) is 5.18. The van der Waals surface area contributed by atoms with Gasteiger partial charge in [0.1, 0.15) is 11.9 Å². The molecule has 2 aromatic heterocycles. The predicted molar refractivity (Wildman–Crippen MR) is 165 cm³/mol. The van der Waals surface area contributed by atoms with E-state index in [0.717, 1.165) is 16.7 Å². The van der Waals surface area contributed by atoms with E-state index in [1.54, 1.807) is 17.0 Å². The van der Waals surface area contributed by atoms with E-state index in [0.29, 0.717) is 23.5 Å². The first-order chi connectivity index (χ1) is 20.8. The highest BCUT2D eigenvalue weighted by Gasteiger charge is 2.43. The van der Waals surface area contributed by atoms with Gasteiger partial charge in [-0.05, 0) is 23.1 Å². The topological polar surface area (TPSA) is 132 Å². The van der Waals surface area contributed by atoms with Crippen LogP contribution < -0.4 is 5.32 Å². The average Bonchev–Trinajstić information content (AvgIpc) is 3.48. The number of hydrogen-bond donors (Lipinski definition) is 3. The Morgan fingerprint density at radius 1 is 0.884 bits per heavy atom. The molecule has 1 unspecified atom stereocenters. The summed E-state index contributed by atoms with van der Waals surface area (Å²) in [5, 5.41) is 3.16. The summed E-state index contributed by atoms with van der Waals surface area (Å²) in [5.74, 6) is 0.497. The molecule has 0 aliphatic heterocycles. The summed E-state index contributed by atoms with van der Waals surface area (Å²) < 4.78 is 27.0. The van der Waals surface area contributed by atoms with Crippen molar-refractivity contribution in [2.45, 2.75) is 24.7 Å². The van der Waals surface area contributed by atoms with Gasteiger partial charge in [-0.25, -0.2) is 15.0 Å². The largest absolute Gasteiger partial charge is 0.365 e. The molecule has 3 N–H and O–H groups in total. The third kappa shape index (κ3) is 6.29. The van der Waals surface area contributed by atoms with Crippen molar-refractivity contribution in [3.05, 3.63) is 133 Å². The third-order valence-corrected chi connectivity index (χ3v) is 7.76. The molecule has 43 heavy (non-hydrogen) atoms. The average molecular weight is 600 g/mol. The molecule has 5 aromatic rings.